The molecule has 1 saturated heterocycles. The smallest absolute Gasteiger partial charge is 0.167 e. The normalized spacial score (nSPS) is 32.0. The number of imidazole rings is 1. The second-order valence-electron chi connectivity index (χ2n) is 6.68. The Kier molecular flexibility index (Phi) is 3.87. The maximum absolute atomic E-state index is 14.2. The molecule has 5 atom stereocenters. The van der Waals surface area contributed by atoms with Gasteiger partial charge in [-0.15, -0.1) is 0 Å². The van der Waals surface area contributed by atoms with Gasteiger partial charge in [0, 0.05) is 0 Å². The molecule has 2 aliphatic rings. The van der Waals surface area contributed by atoms with Gasteiger partial charge in [-0.3, -0.25) is 4.57 Å². The van der Waals surface area contributed by atoms with Gasteiger partial charge in [0.15, 0.2) is 23.2 Å². The number of rotatable bonds is 5. The van der Waals surface area contributed by atoms with Crippen LogP contribution in [-0.2, 0) is 4.74 Å². The quantitative estimate of drug-likeness (QED) is 0.579. The second kappa shape index (κ2) is 5.84. The largest absolute Gasteiger partial charge is 0.394 e. The fraction of sp³-hybridized carbons (Fsp3) is 0.667. The average Bonchev–Trinajstić information content (AvgIpc) is 3.11. The van der Waals surface area contributed by atoms with Gasteiger partial charge in [0.25, 0.3) is 0 Å². The number of ether oxygens (including phenoxy) is 1. The van der Waals surface area contributed by atoms with Gasteiger partial charge in [0.1, 0.15) is 30.3 Å². The number of anilines is 1. The molecule has 2 aromatic heterocycles. The van der Waals surface area contributed by atoms with E-state index in [0.29, 0.717) is 29.8 Å². The summed E-state index contributed by atoms with van der Waals surface area (Å²) in [7, 11) is 0. The zero-order valence-corrected chi connectivity index (χ0v) is 13.6. The molecule has 3 heterocycles. The summed E-state index contributed by atoms with van der Waals surface area (Å²) in [6.07, 6.45) is -0.509. The third kappa shape index (κ3) is 2.65. The maximum Gasteiger partial charge on any atom is 0.167 e. The lowest BCUT2D eigenvalue weighted by molar-refractivity contribution is -0.0511. The minimum absolute atomic E-state index is 0.378. The summed E-state index contributed by atoms with van der Waals surface area (Å²) >= 11 is 0. The van der Waals surface area contributed by atoms with Crippen molar-refractivity contribution in [3.8, 4) is 0 Å². The Balaban J connectivity index is 1.65. The SMILES string of the molecule is CC(Nc1ncnc2c1ncn2[C@@H]1O[C@H](CO)[C@@H](O)[C@H]1O)C1(F)CC1. The molecule has 2 fully saturated rings. The Labute approximate surface area is 142 Å². The van der Waals surface area contributed by atoms with Gasteiger partial charge in [-0.1, -0.05) is 0 Å². The van der Waals surface area contributed by atoms with E-state index in [0.717, 1.165) is 0 Å². The molecule has 136 valence electrons. The number of fused-ring (bicyclic) bond motifs is 1. The molecule has 1 saturated carbocycles. The van der Waals surface area contributed by atoms with Crippen LogP contribution in [0.15, 0.2) is 12.7 Å². The van der Waals surface area contributed by atoms with Crippen LogP contribution in [0.4, 0.5) is 10.2 Å². The molecule has 1 aliphatic carbocycles. The summed E-state index contributed by atoms with van der Waals surface area (Å²) in [6, 6.07) is -0.412. The van der Waals surface area contributed by atoms with Crippen molar-refractivity contribution in [2.24, 2.45) is 0 Å². The molecule has 4 N–H and O–H groups in total. The number of aliphatic hydroxyl groups is 3. The van der Waals surface area contributed by atoms with Crippen molar-refractivity contribution >= 4 is 17.0 Å². The Morgan fingerprint density at radius 1 is 1.36 bits per heavy atom. The number of halogens is 1. The van der Waals surface area contributed by atoms with Gasteiger partial charge >= 0.3 is 0 Å². The van der Waals surface area contributed by atoms with Crippen molar-refractivity contribution in [3.63, 3.8) is 0 Å². The number of aliphatic hydroxyl groups excluding tert-OH is 3. The van der Waals surface area contributed by atoms with Crippen LogP contribution in [0.5, 0.6) is 0 Å². The molecular weight excluding hydrogens is 333 g/mol. The molecule has 0 spiro atoms. The molecule has 10 heteroatoms. The fourth-order valence-electron chi connectivity index (χ4n) is 3.14. The number of hydrogen-bond donors (Lipinski definition) is 4. The summed E-state index contributed by atoms with van der Waals surface area (Å²) in [6.45, 7) is 1.34. The average molecular weight is 353 g/mol. The predicted octanol–water partition coefficient (Wildman–Crippen LogP) is -0.260. The molecule has 0 amide bonds. The highest BCUT2D eigenvalue weighted by Gasteiger charge is 2.48. The van der Waals surface area contributed by atoms with Crippen LogP contribution in [0.3, 0.4) is 0 Å². The zero-order chi connectivity index (χ0) is 17.8. The molecule has 0 bridgehead atoms. The van der Waals surface area contributed by atoms with Crippen LogP contribution in [0.2, 0.25) is 0 Å². The monoisotopic (exact) mass is 353 g/mol. The third-order valence-corrected chi connectivity index (χ3v) is 5.01. The summed E-state index contributed by atoms with van der Waals surface area (Å²) < 4.78 is 21.1. The molecule has 0 aromatic carbocycles. The van der Waals surface area contributed by atoms with E-state index in [1.54, 1.807) is 6.92 Å². The van der Waals surface area contributed by atoms with Crippen LogP contribution < -0.4 is 5.32 Å². The standard InChI is InChI=1S/C15H20FN5O4/c1-7(15(16)2-3-15)20-12-9-13(18-5-17-12)21(6-19-9)14-11(24)10(23)8(4-22)25-14/h5-8,10-11,14,22-24H,2-4H2,1H3,(H,17,18,20)/t7?,8-,10-,11-,14-/m1/s1. The second-order valence-corrected chi connectivity index (χ2v) is 6.68. The van der Waals surface area contributed by atoms with Gasteiger partial charge in [-0.05, 0) is 19.8 Å². The Bertz CT molecular complexity index is 782. The van der Waals surface area contributed by atoms with E-state index in [2.05, 4.69) is 20.3 Å². The number of hydrogen-bond acceptors (Lipinski definition) is 8. The summed E-state index contributed by atoms with van der Waals surface area (Å²) in [5, 5.41) is 32.3. The van der Waals surface area contributed by atoms with Crippen molar-refractivity contribution in [2.75, 3.05) is 11.9 Å². The first-order valence-electron chi connectivity index (χ1n) is 8.20. The molecule has 25 heavy (non-hydrogen) atoms. The predicted molar refractivity (Wildman–Crippen MR) is 84.5 cm³/mol. The van der Waals surface area contributed by atoms with Crippen LogP contribution in [-0.4, -0.2) is 71.5 Å². The molecule has 1 unspecified atom stereocenters. The highest BCUT2D eigenvalue weighted by atomic mass is 19.1. The van der Waals surface area contributed by atoms with Crippen molar-refractivity contribution in [3.05, 3.63) is 12.7 Å². The topological polar surface area (TPSA) is 126 Å². The van der Waals surface area contributed by atoms with Gasteiger partial charge in [0.05, 0.1) is 19.0 Å². The molecular formula is C15H20FN5O4. The van der Waals surface area contributed by atoms with Crippen molar-refractivity contribution in [1.82, 2.24) is 19.5 Å². The van der Waals surface area contributed by atoms with E-state index in [1.807, 2.05) is 0 Å². The third-order valence-electron chi connectivity index (χ3n) is 5.01. The first kappa shape index (κ1) is 16.6. The van der Waals surface area contributed by atoms with E-state index in [1.165, 1.54) is 17.2 Å². The number of nitrogens with zero attached hydrogens (tertiary/aromatic N) is 4. The number of alkyl halides is 1. The van der Waals surface area contributed by atoms with Gasteiger partial charge in [0.2, 0.25) is 0 Å². The summed E-state index contributed by atoms with van der Waals surface area (Å²) in [5.74, 6) is 0.395. The van der Waals surface area contributed by atoms with Gasteiger partial charge in [-0.2, -0.15) is 0 Å². The highest BCUT2D eigenvalue weighted by molar-refractivity contribution is 5.82. The van der Waals surface area contributed by atoms with E-state index in [-0.39, 0.29) is 0 Å². The highest BCUT2D eigenvalue weighted by Crippen LogP contribution is 2.44. The number of aromatic nitrogens is 4. The summed E-state index contributed by atoms with van der Waals surface area (Å²) in [5.41, 5.74) is -0.428. The maximum atomic E-state index is 14.2. The van der Waals surface area contributed by atoms with Gasteiger partial charge < -0.3 is 25.4 Å². The summed E-state index contributed by atoms with van der Waals surface area (Å²) in [4.78, 5) is 12.5. The molecule has 2 aromatic rings. The van der Waals surface area contributed by atoms with E-state index in [9.17, 15) is 19.7 Å². The minimum Gasteiger partial charge on any atom is -0.394 e. The van der Waals surface area contributed by atoms with Crippen molar-refractivity contribution in [1.29, 1.82) is 0 Å². The first-order valence-corrected chi connectivity index (χ1v) is 8.20. The Morgan fingerprint density at radius 2 is 2.12 bits per heavy atom. The first-order chi connectivity index (χ1) is 11.9. The van der Waals surface area contributed by atoms with E-state index < -0.39 is 42.9 Å². The number of nitrogens with one attached hydrogen (secondary N) is 1. The fourth-order valence-corrected chi connectivity index (χ4v) is 3.14. The van der Waals surface area contributed by atoms with E-state index in [4.69, 9.17) is 4.74 Å². The molecule has 1 aliphatic heterocycles. The Hall–Kier alpha value is -1.88. The van der Waals surface area contributed by atoms with Crippen LogP contribution >= 0.6 is 0 Å². The molecule has 0 radical (unpaired) electrons. The lowest BCUT2D eigenvalue weighted by Crippen LogP contribution is -2.33. The van der Waals surface area contributed by atoms with Crippen LogP contribution in [0.1, 0.15) is 26.0 Å². The minimum atomic E-state index is -1.24. The lowest BCUT2D eigenvalue weighted by atomic mass is 10.1. The van der Waals surface area contributed by atoms with Crippen LogP contribution in [0.25, 0.3) is 11.2 Å². The van der Waals surface area contributed by atoms with Crippen molar-refractivity contribution in [2.45, 2.75) is 56.0 Å². The van der Waals surface area contributed by atoms with Crippen LogP contribution in [0, 0.1) is 0 Å². The zero-order valence-electron chi connectivity index (χ0n) is 13.6. The van der Waals surface area contributed by atoms with E-state index >= 15 is 0 Å². The van der Waals surface area contributed by atoms with Crippen molar-refractivity contribution < 1.29 is 24.4 Å². The Morgan fingerprint density at radius 3 is 2.76 bits per heavy atom. The lowest BCUT2D eigenvalue weighted by Gasteiger charge is -2.18. The molecule has 9 nitrogen and oxygen atoms in total. The van der Waals surface area contributed by atoms with Gasteiger partial charge in [-0.25, -0.2) is 19.3 Å². The molecule has 4 rings (SSSR count).